The van der Waals surface area contributed by atoms with E-state index in [2.05, 4.69) is 21.3 Å². The second-order valence-corrected chi connectivity index (χ2v) is 22.3. The number of rotatable bonds is 23. The van der Waals surface area contributed by atoms with Crippen LogP contribution >= 0.6 is 0 Å². The van der Waals surface area contributed by atoms with Crippen molar-refractivity contribution in [1.29, 1.82) is 0 Å². The second kappa shape index (κ2) is 23.8. The third-order valence-electron chi connectivity index (χ3n) is 16.8. The first-order chi connectivity index (χ1) is 38.9. The molecule has 5 aromatic carbocycles. The molecule has 0 bridgehead atoms. The number of benzene rings is 5. The van der Waals surface area contributed by atoms with Gasteiger partial charge in [-0.2, -0.15) is 0 Å². The van der Waals surface area contributed by atoms with Crippen molar-refractivity contribution in [2.45, 2.75) is 86.5 Å². The van der Waals surface area contributed by atoms with Crippen molar-refractivity contribution >= 4 is 41.4 Å². The molecule has 1 unspecified atom stereocenters. The zero-order valence-electron chi connectivity index (χ0n) is 44.7. The Balaban J connectivity index is 0.814. The molecule has 4 aliphatic carbocycles. The third kappa shape index (κ3) is 12.6. The Morgan fingerprint density at radius 2 is 0.825 bits per heavy atom. The number of carboxylic acids is 1. The van der Waals surface area contributed by atoms with Gasteiger partial charge in [-0.1, -0.05) is 121 Å². The Labute approximate surface area is 465 Å². The molecule has 13 atom stereocenters. The van der Waals surface area contributed by atoms with Gasteiger partial charge in [-0.05, 0) is 73.1 Å². The number of ether oxygens (including phenoxy) is 3. The van der Waals surface area contributed by atoms with Gasteiger partial charge < -0.3 is 50.4 Å². The lowest BCUT2D eigenvalue weighted by atomic mass is 9.94. The summed E-state index contributed by atoms with van der Waals surface area (Å²) in [6.45, 7) is 1.29. The second-order valence-electron chi connectivity index (χ2n) is 22.3. The minimum Gasteiger partial charge on any atom is -0.490 e. The summed E-state index contributed by atoms with van der Waals surface area (Å²) in [7, 11) is 0. The quantitative estimate of drug-likeness (QED) is 0.0504. The lowest BCUT2D eigenvalue weighted by Crippen LogP contribution is -2.43. The number of amides is 6. The SMILES string of the molecule is CC(OCCOCCOc1cc(C(=O)N2C[C@@H](C(=O)N[C@H]3C[C@@H]3c3ccccc3)[C@H](C(=O)N[C@H]3C[C@@H]3c3ccccc3)C2)ccc1C(=O)N1C[C@@H](C(=O)N[C@H]2C[C@@H]2c2ccccc2)[C@H](C(=O)N[C@H]2C[C@@H]2c2ccccc2)C1)C(=O)O. The number of likely N-dealkylation sites (tertiary alicyclic amines) is 2. The summed E-state index contributed by atoms with van der Waals surface area (Å²) in [6, 6.07) is 43.9. The molecule has 0 radical (unpaired) electrons. The van der Waals surface area contributed by atoms with Crippen molar-refractivity contribution in [3.8, 4) is 5.75 Å². The van der Waals surface area contributed by atoms with Crippen LogP contribution in [0.3, 0.4) is 0 Å². The molecule has 0 spiro atoms. The number of carbonyl (C=O) groups excluding carboxylic acids is 6. The van der Waals surface area contributed by atoms with Gasteiger partial charge in [-0.3, -0.25) is 28.8 Å². The first-order valence-electron chi connectivity index (χ1n) is 28.1. The minimum atomic E-state index is -1.10. The first kappa shape index (κ1) is 54.1. The minimum absolute atomic E-state index is 0.0113. The summed E-state index contributed by atoms with van der Waals surface area (Å²) in [5.74, 6) is -6.01. The number of hydrogen-bond acceptors (Lipinski definition) is 10. The smallest absolute Gasteiger partial charge is 0.332 e. The van der Waals surface area contributed by atoms with Gasteiger partial charge in [0.1, 0.15) is 12.4 Å². The number of carbonyl (C=O) groups is 7. The van der Waals surface area contributed by atoms with Crippen molar-refractivity contribution in [3.05, 3.63) is 173 Å². The van der Waals surface area contributed by atoms with Crippen molar-refractivity contribution in [2.75, 3.05) is 52.6 Å². The van der Waals surface area contributed by atoms with E-state index in [4.69, 9.17) is 14.2 Å². The summed E-state index contributed by atoms with van der Waals surface area (Å²) in [5.41, 5.74) is 4.72. The van der Waals surface area contributed by atoms with Crippen molar-refractivity contribution in [1.82, 2.24) is 31.1 Å². The summed E-state index contributed by atoms with van der Waals surface area (Å²) in [6.07, 6.45) is 2.04. The van der Waals surface area contributed by atoms with Gasteiger partial charge in [0.25, 0.3) is 11.8 Å². The Bertz CT molecular complexity index is 2930. The highest BCUT2D eigenvalue weighted by Crippen LogP contribution is 2.45. The van der Waals surface area contributed by atoms with Crippen LogP contribution in [0.25, 0.3) is 0 Å². The molecule has 416 valence electrons. The van der Waals surface area contributed by atoms with E-state index in [0.717, 1.165) is 47.9 Å². The zero-order valence-corrected chi connectivity index (χ0v) is 44.7. The predicted octanol–water partition coefficient (Wildman–Crippen LogP) is 5.64. The van der Waals surface area contributed by atoms with E-state index >= 15 is 0 Å². The molecule has 6 aliphatic rings. The highest BCUT2D eigenvalue weighted by Gasteiger charge is 2.51. The normalized spacial score (nSPS) is 27.3. The van der Waals surface area contributed by atoms with Crippen molar-refractivity contribution in [2.24, 2.45) is 23.7 Å². The van der Waals surface area contributed by atoms with Gasteiger partial charge >= 0.3 is 5.97 Å². The van der Waals surface area contributed by atoms with E-state index in [9.17, 15) is 38.7 Å². The zero-order chi connectivity index (χ0) is 55.4. The molecule has 6 amide bonds. The molecule has 6 fully saturated rings. The molecular formula is C63H68N6O11. The number of hydrogen-bond donors (Lipinski definition) is 5. The fourth-order valence-corrected chi connectivity index (χ4v) is 11.8. The molecule has 11 rings (SSSR count). The van der Waals surface area contributed by atoms with E-state index in [1.165, 1.54) is 34.9 Å². The maximum absolute atomic E-state index is 14.9. The van der Waals surface area contributed by atoms with Crippen molar-refractivity contribution < 1.29 is 52.9 Å². The topological polar surface area (TPSA) is 222 Å². The largest absolute Gasteiger partial charge is 0.490 e. The predicted molar refractivity (Wildman–Crippen MR) is 294 cm³/mol. The average Bonchev–Trinajstić information content (AvgIpc) is 4.59. The monoisotopic (exact) mass is 1080 g/mol. The molecule has 17 heteroatoms. The van der Waals surface area contributed by atoms with Gasteiger partial charge in [-0.15, -0.1) is 0 Å². The van der Waals surface area contributed by atoms with Gasteiger partial charge in [0.15, 0.2) is 6.10 Å². The van der Waals surface area contributed by atoms with Crippen molar-refractivity contribution in [3.63, 3.8) is 0 Å². The average molecular weight is 1090 g/mol. The van der Waals surface area contributed by atoms with Crippen LogP contribution in [0.5, 0.6) is 5.75 Å². The molecule has 5 aromatic rings. The summed E-state index contributed by atoms with van der Waals surface area (Å²) in [4.78, 5) is 101. The highest BCUT2D eigenvalue weighted by molar-refractivity contribution is 6.02. The van der Waals surface area contributed by atoms with Gasteiger partial charge in [0.2, 0.25) is 23.6 Å². The van der Waals surface area contributed by atoms with Crippen LogP contribution in [-0.2, 0) is 33.4 Å². The number of nitrogens with zero attached hydrogens (tertiary/aromatic N) is 2. The third-order valence-corrected chi connectivity index (χ3v) is 16.8. The molecule has 2 heterocycles. The molecule has 5 N–H and O–H groups in total. The Kier molecular flexibility index (Phi) is 16.1. The molecule has 0 aromatic heterocycles. The first-order valence-corrected chi connectivity index (χ1v) is 28.1. The van der Waals surface area contributed by atoms with Crippen LogP contribution in [0.1, 0.15) is 99.2 Å². The van der Waals surface area contributed by atoms with Gasteiger partial charge in [0, 0.05) is 79.6 Å². The fourth-order valence-electron chi connectivity index (χ4n) is 11.8. The number of nitrogens with one attached hydrogen (secondary N) is 4. The van der Waals surface area contributed by atoms with Crippen LogP contribution in [-0.4, -0.2) is 139 Å². The van der Waals surface area contributed by atoms with E-state index in [1.807, 2.05) is 121 Å². The Morgan fingerprint density at radius 1 is 0.475 bits per heavy atom. The molecule has 17 nitrogen and oxygen atoms in total. The summed E-state index contributed by atoms with van der Waals surface area (Å²) >= 11 is 0. The molecule has 4 saturated carbocycles. The number of aliphatic carboxylic acids is 1. The fraction of sp³-hybridized carbons (Fsp3) is 0.413. The Morgan fingerprint density at radius 3 is 1.19 bits per heavy atom. The number of carboxylic acid groups (broad SMARTS) is 1. The molecule has 80 heavy (non-hydrogen) atoms. The standard InChI is InChI=1S/C63H68N6O11/c1-37(63(76)77)79-26-24-78-25-27-80-56-28-42(61(74)68-33-48(57(70)64-52-29-44(52)38-14-6-2-7-15-38)49(34-68)58(71)65-53-30-45(53)39-16-8-3-9-17-39)22-23-43(56)62(75)69-35-50(59(72)66-54-31-46(54)40-18-10-4-11-19-40)51(36-69)60(73)67-55-32-47(55)41-20-12-5-13-21-41/h2-23,28,37,44-55H,24-27,29-36H2,1H3,(H,64,70)(H,65,71)(H,66,72)(H,67,73)(H,76,77)/t37?,44-,45-,46-,47-,48-,49-,50-,51-,52+,53+,54+,55+/m1/s1. The van der Waals surface area contributed by atoms with E-state index in [1.54, 1.807) is 0 Å². The highest BCUT2D eigenvalue weighted by atomic mass is 16.6. The maximum atomic E-state index is 14.9. The van der Waals surface area contributed by atoms with Crippen LogP contribution < -0.4 is 26.0 Å². The van der Waals surface area contributed by atoms with Crippen LogP contribution in [0.4, 0.5) is 0 Å². The lowest BCUT2D eigenvalue weighted by Gasteiger charge is -2.21. The van der Waals surface area contributed by atoms with Gasteiger partial charge in [0.05, 0.1) is 49.1 Å². The lowest BCUT2D eigenvalue weighted by molar-refractivity contribution is -0.150. The molecule has 2 aliphatic heterocycles. The van der Waals surface area contributed by atoms with Crippen LogP contribution in [0.15, 0.2) is 140 Å². The molecule has 2 saturated heterocycles. The summed E-state index contributed by atoms with van der Waals surface area (Å²) in [5, 5.41) is 21.9. The van der Waals surface area contributed by atoms with E-state index < -0.39 is 47.6 Å². The van der Waals surface area contributed by atoms with Crippen LogP contribution in [0.2, 0.25) is 0 Å². The van der Waals surface area contributed by atoms with E-state index in [-0.39, 0.29) is 141 Å². The summed E-state index contributed by atoms with van der Waals surface area (Å²) < 4.78 is 17.2. The Hall–Kier alpha value is -7.89. The maximum Gasteiger partial charge on any atom is 0.332 e. The van der Waals surface area contributed by atoms with Gasteiger partial charge in [-0.25, -0.2) is 4.79 Å². The van der Waals surface area contributed by atoms with Crippen LogP contribution in [0, 0.1) is 23.7 Å². The molecular weight excluding hydrogens is 1020 g/mol. The van der Waals surface area contributed by atoms with E-state index in [0.29, 0.717) is 0 Å².